The van der Waals surface area contributed by atoms with Crippen molar-refractivity contribution in [3.05, 3.63) is 51.8 Å². The normalized spacial score (nSPS) is 12.8. The molecule has 0 saturated heterocycles. The summed E-state index contributed by atoms with van der Waals surface area (Å²) in [6, 6.07) is 5.70. The fraction of sp³-hybridized carbons (Fsp3) is 0.474. The van der Waals surface area contributed by atoms with E-state index in [9.17, 15) is 9.59 Å². The van der Waals surface area contributed by atoms with Gasteiger partial charge in [-0.1, -0.05) is 17.8 Å². The van der Waals surface area contributed by atoms with Crippen LogP contribution in [0.2, 0.25) is 0 Å². The molecular formula is C19H24N4O2S. The molecule has 0 unspecified atom stereocenters. The lowest BCUT2D eigenvalue weighted by Crippen LogP contribution is -2.32. The summed E-state index contributed by atoms with van der Waals surface area (Å²) in [5.41, 5.74) is 2.77. The quantitative estimate of drug-likeness (QED) is 0.550. The van der Waals surface area contributed by atoms with Crippen LogP contribution in [0.4, 0.5) is 0 Å². The molecule has 0 saturated carbocycles. The third-order valence-corrected chi connectivity index (χ3v) is 5.70. The second-order valence-electron chi connectivity index (χ2n) is 6.24. The van der Waals surface area contributed by atoms with Crippen LogP contribution in [0.25, 0.3) is 0 Å². The number of hydrogen-bond donors (Lipinski definition) is 0. The average molecular weight is 372 g/mol. The third-order valence-electron chi connectivity index (χ3n) is 4.70. The van der Waals surface area contributed by atoms with Crippen LogP contribution in [-0.2, 0) is 24.2 Å². The Kier molecular flexibility index (Phi) is 6.08. The van der Waals surface area contributed by atoms with E-state index in [0.717, 1.165) is 41.2 Å². The summed E-state index contributed by atoms with van der Waals surface area (Å²) in [6.45, 7) is 5.79. The minimum absolute atomic E-state index is 0.0891. The van der Waals surface area contributed by atoms with Crippen molar-refractivity contribution < 1.29 is 4.79 Å². The van der Waals surface area contributed by atoms with Crippen LogP contribution in [0.1, 0.15) is 37.2 Å². The molecular weight excluding hydrogens is 348 g/mol. The number of nitrogens with zero attached hydrogens (tertiary/aromatic N) is 4. The van der Waals surface area contributed by atoms with Gasteiger partial charge < -0.3 is 4.90 Å². The van der Waals surface area contributed by atoms with Crippen molar-refractivity contribution in [2.75, 3.05) is 18.8 Å². The number of carbonyl (C=O) groups excluding carboxylic acids is 1. The maximum Gasteiger partial charge on any atom is 0.349 e. The zero-order valence-electron chi connectivity index (χ0n) is 15.3. The smallest absolute Gasteiger partial charge is 0.343 e. The van der Waals surface area contributed by atoms with E-state index in [4.69, 9.17) is 0 Å². The van der Waals surface area contributed by atoms with E-state index in [1.165, 1.54) is 11.8 Å². The highest BCUT2D eigenvalue weighted by Crippen LogP contribution is 2.29. The number of carbonyl (C=O) groups is 1. The molecule has 7 heteroatoms. The summed E-state index contributed by atoms with van der Waals surface area (Å²) in [5, 5.41) is 0.722. The first kappa shape index (κ1) is 18.6. The molecule has 0 fully saturated rings. The molecule has 0 spiro atoms. The van der Waals surface area contributed by atoms with Gasteiger partial charge in [0, 0.05) is 30.5 Å². The summed E-state index contributed by atoms with van der Waals surface area (Å²) in [4.78, 5) is 35.3. The molecule has 26 heavy (non-hydrogen) atoms. The fourth-order valence-corrected chi connectivity index (χ4v) is 4.30. The topological polar surface area (TPSA) is 68.1 Å². The number of hydrogen-bond acceptors (Lipinski definition) is 5. The minimum Gasteiger partial charge on any atom is -0.343 e. The third kappa shape index (κ3) is 3.98. The van der Waals surface area contributed by atoms with Gasteiger partial charge in [-0.2, -0.15) is 4.98 Å². The number of thioether (sulfide) groups is 1. The first-order chi connectivity index (χ1) is 12.6. The van der Waals surface area contributed by atoms with Crippen molar-refractivity contribution in [2.24, 2.45) is 0 Å². The van der Waals surface area contributed by atoms with Gasteiger partial charge in [-0.25, -0.2) is 4.79 Å². The van der Waals surface area contributed by atoms with E-state index >= 15 is 0 Å². The largest absolute Gasteiger partial charge is 0.349 e. The molecule has 1 aliphatic rings. The van der Waals surface area contributed by atoms with Gasteiger partial charge in [-0.15, -0.1) is 0 Å². The highest BCUT2D eigenvalue weighted by Gasteiger charge is 2.23. The van der Waals surface area contributed by atoms with Crippen molar-refractivity contribution in [2.45, 2.75) is 44.7 Å². The highest BCUT2D eigenvalue weighted by molar-refractivity contribution is 7.99. The molecule has 0 atom stereocenters. The molecule has 1 amide bonds. The molecule has 0 bridgehead atoms. The van der Waals surface area contributed by atoms with Crippen LogP contribution in [0.5, 0.6) is 0 Å². The van der Waals surface area contributed by atoms with Crippen LogP contribution < -0.4 is 5.69 Å². The van der Waals surface area contributed by atoms with Crippen molar-refractivity contribution in [1.29, 1.82) is 0 Å². The van der Waals surface area contributed by atoms with E-state index in [0.29, 0.717) is 25.4 Å². The molecule has 2 aromatic heterocycles. The summed E-state index contributed by atoms with van der Waals surface area (Å²) >= 11 is 1.39. The van der Waals surface area contributed by atoms with Gasteiger partial charge in [0.2, 0.25) is 5.91 Å². The van der Waals surface area contributed by atoms with Crippen LogP contribution in [-0.4, -0.2) is 44.2 Å². The lowest BCUT2D eigenvalue weighted by molar-refractivity contribution is -0.127. The van der Waals surface area contributed by atoms with Crippen LogP contribution in [0, 0.1) is 0 Å². The van der Waals surface area contributed by atoms with Gasteiger partial charge in [0.25, 0.3) is 0 Å². The standard InChI is InChI=1S/C19H24N4O2S/c1-3-22(4-2)17(24)13-26-18-15-9-7-10-16(15)23(19(25)21-18)12-14-8-5-6-11-20-14/h5-6,8,11H,3-4,7,9-10,12-13H2,1-2H3. The van der Waals surface area contributed by atoms with Gasteiger partial charge in [-0.05, 0) is 45.2 Å². The van der Waals surface area contributed by atoms with E-state index in [1.54, 1.807) is 15.7 Å². The monoisotopic (exact) mass is 372 g/mol. The Morgan fingerprint density at radius 3 is 2.77 bits per heavy atom. The van der Waals surface area contributed by atoms with E-state index in [1.807, 2.05) is 32.0 Å². The first-order valence-corrected chi connectivity index (χ1v) is 10.1. The molecule has 0 aliphatic heterocycles. The Morgan fingerprint density at radius 2 is 2.08 bits per heavy atom. The molecule has 1 aliphatic carbocycles. The highest BCUT2D eigenvalue weighted by atomic mass is 32.2. The number of aromatic nitrogens is 3. The van der Waals surface area contributed by atoms with E-state index in [2.05, 4.69) is 9.97 Å². The maximum absolute atomic E-state index is 12.6. The van der Waals surface area contributed by atoms with E-state index < -0.39 is 0 Å². The lowest BCUT2D eigenvalue weighted by atomic mass is 10.2. The second kappa shape index (κ2) is 8.49. The molecule has 6 nitrogen and oxygen atoms in total. The molecule has 2 aromatic rings. The SMILES string of the molecule is CCN(CC)C(=O)CSc1nc(=O)n(Cc2ccccn2)c2c1CCC2. The van der Waals surface area contributed by atoms with Gasteiger partial charge >= 0.3 is 5.69 Å². The number of fused-ring (bicyclic) bond motifs is 1. The summed E-state index contributed by atoms with van der Waals surface area (Å²) < 4.78 is 1.74. The first-order valence-electron chi connectivity index (χ1n) is 9.07. The molecule has 3 rings (SSSR count). The maximum atomic E-state index is 12.6. The lowest BCUT2D eigenvalue weighted by Gasteiger charge is -2.18. The van der Waals surface area contributed by atoms with Gasteiger partial charge in [0.05, 0.1) is 18.0 Å². The Bertz CT molecular complexity index is 831. The van der Waals surface area contributed by atoms with Crippen LogP contribution in [0.3, 0.4) is 0 Å². The summed E-state index contributed by atoms with van der Waals surface area (Å²) in [5.74, 6) is 0.413. The number of amides is 1. The summed E-state index contributed by atoms with van der Waals surface area (Å²) in [6.07, 6.45) is 4.53. The number of rotatable bonds is 7. The van der Waals surface area contributed by atoms with Gasteiger partial charge in [-0.3, -0.25) is 14.3 Å². The Labute approximate surface area is 157 Å². The molecule has 2 heterocycles. The predicted octanol–water partition coefficient (Wildman–Crippen LogP) is 2.14. The fourth-order valence-electron chi connectivity index (χ4n) is 3.32. The summed E-state index contributed by atoms with van der Waals surface area (Å²) in [7, 11) is 0. The second-order valence-corrected chi connectivity index (χ2v) is 7.20. The minimum atomic E-state index is -0.255. The molecule has 0 N–H and O–H groups in total. The van der Waals surface area contributed by atoms with Gasteiger partial charge in [0.1, 0.15) is 5.03 Å². The van der Waals surface area contributed by atoms with Crippen LogP contribution >= 0.6 is 11.8 Å². The van der Waals surface area contributed by atoms with Crippen molar-refractivity contribution >= 4 is 17.7 Å². The van der Waals surface area contributed by atoms with Crippen molar-refractivity contribution in [3.63, 3.8) is 0 Å². The average Bonchev–Trinajstić information content (AvgIpc) is 3.14. The number of pyridine rings is 1. The van der Waals surface area contributed by atoms with Crippen molar-refractivity contribution in [1.82, 2.24) is 19.4 Å². The Balaban J connectivity index is 1.83. The zero-order chi connectivity index (χ0) is 18.5. The Hall–Kier alpha value is -2.15. The predicted molar refractivity (Wildman–Crippen MR) is 103 cm³/mol. The van der Waals surface area contributed by atoms with Crippen molar-refractivity contribution in [3.8, 4) is 0 Å². The molecule has 0 radical (unpaired) electrons. The van der Waals surface area contributed by atoms with Crippen LogP contribution in [0.15, 0.2) is 34.2 Å². The van der Waals surface area contributed by atoms with Gasteiger partial charge in [0.15, 0.2) is 0 Å². The van der Waals surface area contributed by atoms with E-state index in [-0.39, 0.29) is 11.6 Å². The molecule has 0 aromatic carbocycles. The zero-order valence-corrected chi connectivity index (χ0v) is 16.1. The Morgan fingerprint density at radius 1 is 1.27 bits per heavy atom. The molecule has 138 valence electrons.